The summed E-state index contributed by atoms with van der Waals surface area (Å²) in [5, 5.41) is 23.9. The fourth-order valence-electron chi connectivity index (χ4n) is 4.54. The maximum Gasteiger partial charge on any atom is 0.242 e. The van der Waals surface area contributed by atoms with Crippen LogP contribution in [0.4, 0.5) is 0 Å². The van der Waals surface area contributed by atoms with E-state index in [-0.39, 0.29) is 23.7 Å². The summed E-state index contributed by atoms with van der Waals surface area (Å²) < 4.78 is 12.2. The molecule has 0 aliphatic carbocycles. The number of aromatic hydroxyl groups is 2. The molecule has 0 saturated carbocycles. The Kier molecular flexibility index (Phi) is 2.77. The van der Waals surface area contributed by atoms with Crippen LogP contribution in [0.3, 0.4) is 0 Å². The Morgan fingerprint density at radius 2 is 1.19 bits per heavy atom. The van der Waals surface area contributed by atoms with E-state index in [0.717, 1.165) is 50.6 Å². The molecule has 0 atom stereocenters. The molecule has 2 aliphatic heterocycles. The topological polar surface area (TPSA) is 58.9 Å². The third kappa shape index (κ3) is 2.04. The normalized spacial score (nSPS) is 19.9. The minimum Gasteiger partial charge on any atom is -0.508 e. The molecule has 4 aromatic carbocycles. The molecule has 0 spiro atoms. The lowest BCUT2D eigenvalue weighted by atomic mass is 9.79. The number of hydrogen-bond donors (Lipinski definition) is 2. The molecule has 132 valence electrons. The highest BCUT2D eigenvalue weighted by atomic mass is 16.7. The molecule has 0 amide bonds. The molecule has 4 aromatic rings. The van der Waals surface area contributed by atoms with Gasteiger partial charge in [-0.3, -0.25) is 0 Å². The average molecular weight is 356 g/mol. The maximum atomic E-state index is 9.86. The van der Waals surface area contributed by atoms with Crippen molar-refractivity contribution in [2.45, 2.75) is 18.6 Å². The number of hydrogen-bond acceptors (Lipinski definition) is 4. The zero-order valence-corrected chi connectivity index (χ0v) is 14.3. The summed E-state index contributed by atoms with van der Waals surface area (Å²) in [6.07, 6.45) is 0.430. The molecule has 2 aliphatic rings. The van der Waals surface area contributed by atoms with Crippen LogP contribution in [-0.4, -0.2) is 16.5 Å². The number of phenols is 2. The van der Waals surface area contributed by atoms with Crippen molar-refractivity contribution in [3.05, 3.63) is 71.8 Å². The van der Waals surface area contributed by atoms with Gasteiger partial charge in [-0.25, -0.2) is 0 Å². The van der Waals surface area contributed by atoms with Crippen LogP contribution in [0.15, 0.2) is 60.7 Å². The minimum absolute atomic E-state index is 0.129. The Morgan fingerprint density at radius 1 is 0.667 bits per heavy atom. The van der Waals surface area contributed by atoms with Crippen molar-refractivity contribution in [3.63, 3.8) is 0 Å². The van der Waals surface area contributed by atoms with Crippen LogP contribution in [0.5, 0.6) is 23.0 Å². The first kappa shape index (κ1) is 14.7. The van der Waals surface area contributed by atoms with Gasteiger partial charge < -0.3 is 19.7 Å². The Balaban J connectivity index is 1.69. The van der Waals surface area contributed by atoms with Gasteiger partial charge in [-0.15, -0.1) is 0 Å². The Hall–Kier alpha value is -3.40. The summed E-state index contributed by atoms with van der Waals surface area (Å²) in [5.41, 5.74) is 2.27. The molecule has 2 N–H and O–H groups in total. The number of fused-ring (bicyclic) bond motifs is 10. The zero-order valence-electron chi connectivity index (χ0n) is 14.3. The van der Waals surface area contributed by atoms with Gasteiger partial charge in [0.05, 0.1) is 0 Å². The van der Waals surface area contributed by atoms with Gasteiger partial charge in [0.25, 0.3) is 0 Å². The molecule has 6 rings (SSSR count). The van der Waals surface area contributed by atoms with E-state index < -0.39 is 0 Å². The SMILES string of the molecule is Oc1ccc2c3c(ccc2c1)OC1CC3c2c(ccc3cc(O)ccc23)O1. The zero-order chi connectivity index (χ0) is 18.1. The quantitative estimate of drug-likeness (QED) is 0.464. The van der Waals surface area contributed by atoms with Gasteiger partial charge in [-0.2, -0.15) is 0 Å². The third-order valence-corrected chi connectivity index (χ3v) is 5.65. The summed E-state index contributed by atoms with van der Waals surface area (Å²) in [6, 6.07) is 18.8. The molecular formula is C23H16O4. The summed E-state index contributed by atoms with van der Waals surface area (Å²) in [4.78, 5) is 0. The lowest BCUT2D eigenvalue weighted by Crippen LogP contribution is -2.35. The fourth-order valence-corrected chi connectivity index (χ4v) is 4.54. The Bertz CT molecular complexity index is 1150. The number of phenolic OH excluding ortho intramolecular Hbond substituents is 2. The van der Waals surface area contributed by atoms with E-state index in [2.05, 4.69) is 0 Å². The predicted octanol–water partition coefficient (Wildman–Crippen LogP) is 5.04. The third-order valence-electron chi connectivity index (χ3n) is 5.65. The average Bonchev–Trinajstić information content (AvgIpc) is 2.67. The molecule has 2 heterocycles. The van der Waals surface area contributed by atoms with Crippen molar-refractivity contribution in [2.24, 2.45) is 0 Å². The van der Waals surface area contributed by atoms with E-state index >= 15 is 0 Å². The van der Waals surface area contributed by atoms with Crippen molar-refractivity contribution < 1.29 is 19.7 Å². The fraction of sp³-hybridized carbons (Fsp3) is 0.130. The molecule has 2 bridgehead atoms. The predicted molar refractivity (Wildman–Crippen MR) is 103 cm³/mol. The van der Waals surface area contributed by atoms with E-state index in [9.17, 15) is 10.2 Å². The summed E-state index contributed by atoms with van der Waals surface area (Å²) in [7, 11) is 0. The molecule has 27 heavy (non-hydrogen) atoms. The monoisotopic (exact) mass is 356 g/mol. The molecule has 0 fully saturated rings. The highest BCUT2D eigenvalue weighted by molar-refractivity contribution is 5.94. The van der Waals surface area contributed by atoms with Gasteiger partial charge in [-0.1, -0.05) is 24.3 Å². The molecular weight excluding hydrogens is 340 g/mol. The van der Waals surface area contributed by atoms with E-state index in [1.165, 1.54) is 0 Å². The molecule has 0 unspecified atom stereocenters. The van der Waals surface area contributed by atoms with Gasteiger partial charge in [0, 0.05) is 23.5 Å². The number of benzene rings is 4. The van der Waals surface area contributed by atoms with Crippen LogP contribution in [0.25, 0.3) is 21.5 Å². The van der Waals surface area contributed by atoms with Crippen LogP contribution in [0, 0.1) is 0 Å². The van der Waals surface area contributed by atoms with Gasteiger partial charge in [0.1, 0.15) is 23.0 Å². The van der Waals surface area contributed by atoms with Crippen molar-refractivity contribution in [1.29, 1.82) is 0 Å². The van der Waals surface area contributed by atoms with Gasteiger partial charge in [-0.05, 0) is 57.9 Å². The highest BCUT2D eigenvalue weighted by Gasteiger charge is 2.38. The highest BCUT2D eigenvalue weighted by Crippen LogP contribution is 2.52. The molecule has 0 aromatic heterocycles. The molecule has 0 radical (unpaired) electrons. The summed E-state index contributed by atoms with van der Waals surface area (Å²) in [6.45, 7) is 0. The first-order valence-corrected chi connectivity index (χ1v) is 9.02. The number of ether oxygens (including phenoxy) is 2. The smallest absolute Gasteiger partial charge is 0.242 e. The molecule has 4 nitrogen and oxygen atoms in total. The largest absolute Gasteiger partial charge is 0.508 e. The van der Waals surface area contributed by atoms with Crippen LogP contribution in [0.2, 0.25) is 0 Å². The summed E-state index contributed by atoms with van der Waals surface area (Å²) in [5.74, 6) is 2.30. The van der Waals surface area contributed by atoms with Crippen LogP contribution >= 0.6 is 0 Å². The second-order valence-electron chi connectivity index (χ2n) is 7.22. The van der Waals surface area contributed by atoms with Gasteiger partial charge in [0.2, 0.25) is 6.29 Å². The number of rotatable bonds is 0. The Morgan fingerprint density at radius 3 is 1.70 bits per heavy atom. The van der Waals surface area contributed by atoms with Crippen molar-refractivity contribution in [3.8, 4) is 23.0 Å². The second kappa shape index (κ2) is 5.07. The summed E-state index contributed by atoms with van der Waals surface area (Å²) >= 11 is 0. The lowest BCUT2D eigenvalue weighted by Gasteiger charge is -2.39. The second-order valence-corrected chi connectivity index (χ2v) is 7.22. The maximum absolute atomic E-state index is 9.86. The standard InChI is InChI=1S/C23H16O4/c24-14-3-5-16-12(9-14)1-7-19-22(16)18-11-21(26-19)27-20-8-2-13-10-15(25)4-6-17(13)23(18)20/h1-10,18,21,24-25H,11H2. The first-order valence-electron chi connectivity index (χ1n) is 9.02. The van der Waals surface area contributed by atoms with Crippen LogP contribution in [0.1, 0.15) is 23.5 Å². The lowest BCUT2D eigenvalue weighted by molar-refractivity contribution is -0.0256. The minimum atomic E-state index is -0.306. The van der Waals surface area contributed by atoms with Crippen molar-refractivity contribution >= 4 is 21.5 Å². The van der Waals surface area contributed by atoms with E-state index in [0.29, 0.717) is 0 Å². The Labute approximate surface area is 155 Å². The molecule has 0 saturated heterocycles. The first-order chi connectivity index (χ1) is 13.2. The van der Waals surface area contributed by atoms with Crippen molar-refractivity contribution in [1.82, 2.24) is 0 Å². The van der Waals surface area contributed by atoms with E-state index in [1.54, 1.807) is 24.3 Å². The van der Waals surface area contributed by atoms with Crippen LogP contribution in [-0.2, 0) is 0 Å². The van der Waals surface area contributed by atoms with Gasteiger partial charge in [0.15, 0.2) is 0 Å². The van der Waals surface area contributed by atoms with Crippen molar-refractivity contribution in [2.75, 3.05) is 0 Å². The van der Waals surface area contributed by atoms with E-state index in [4.69, 9.17) is 9.47 Å². The van der Waals surface area contributed by atoms with E-state index in [1.807, 2.05) is 36.4 Å². The molecule has 4 heteroatoms. The van der Waals surface area contributed by atoms with Crippen LogP contribution < -0.4 is 9.47 Å². The van der Waals surface area contributed by atoms with Gasteiger partial charge >= 0.3 is 0 Å².